The number of amides is 2. The summed E-state index contributed by atoms with van der Waals surface area (Å²) in [7, 11) is 0. The van der Waals surface area contributed by atoms with Crippen LogP contribution in [0, 0.1) is 24.1 Å². The summed E-state index contributed by atoms with van der Waals surface area (Å²) >= 11 is 0. The van der Waals surface area contributed by atoms with E-state index in [1.165, 1.54) is 18.4 Å². The van der Waals surface area contributed by atoms with Crippen molar-refractivity contribution in [1.29, 1.82) is 5.26 Å². The van der Waals surface area contributed by atoms with Crippen LogP contribution in [0.2, 0.25) is 0 Å². The Bertz CT molecular complexity index is 1050. The van der Waals surface area contributed by atoms with E-state index in [0.717, 1.165) is 6.07 Å². The number of anilines is 2. The van der Waals surface area contributed by atoms with Gasteiger partial charge in [-0.3, -0.25) is 9.59 Å². The smallest absolute Gasteiger partial charge is 0.291 e. The average Bonchev–Trinajstić information content (AvgIpc) is 3.18. The molecule has 2 N–H and O–H groups in total. The molecule has 7 heteroatoms. The van der Waals surface area contributed by atoms with Crippen molar-refractivity contribution in [2.75, 3.05) is 10.6 Å². The number of hydrogen-bond acceptors (Lipinski definition) is 4. The van der Waals surface area contributed by atoms with E-state index in [0.29, 0.717) is 16.9 Å². The number of benzene rings is 2. The molecule has 3 aromatic rings. The maximum Gasteiger partial charge on any atom is 0.291 e. The number of rotatable bonds is 4. The van der Waals surface area contributed by atoms with Gasteiger partial charge in [0.25, 0.3) is 11.8 Å². The van der Waals surface area contributed by atoms with Crippen molar-refractivity contribution < 1.29 is 18.4 Å². The Hall–Kier alpha value is -3.92. The topological polar surface area (TPSA) is 95.1 Å². The van der Waals surface area contributed by atoms with Gasteiger partial charge in [-0.05, 0) is 61.0 Å². The minimum Gasteiger partial charge on any atom is -0.459 e. The van der Waals surface area contributed by atoms with Gasteiger partial charge in [0.05, 0.1) is 23.5 Å². The highest BCUT2D eigenvalue weighted by Crippen LogP contribution is 2.21. The molecule has 0 aliphatic heterocycles. The lowest BCUT2D eigenvalue weighted by Gasteiger charge is -2.11. The maximum atomic E-state index is 13.9. The summed E-state index contributed by atoms with van der Waals surface area (Å²) in [6.07, 6.45) is 1.41. The molecule has 0 atom stereocenters. The molecule has 2 amide bonds. The van der Waals surface area contributed by atoms with Crippen LogP contribution in [0.1, 0.15) is 32.0 Å². The Morgan fingerprint density at radius 3 is 2.52 bits per heavy atom. The van der Waals surface area contributed by atoms with Crippen molar-refractivity contribution >= 4 is 23.2 Å². The third-order valence-corrected chi connectivity index (χ3v) is 3.82. The first-order valence-corrected chi connectivity index (χ1v) is 7.94. The quantitative estimate of drug-likeness (QED) is 0.729. The van der Waals surface area contributed by atoms with Gasteiger partial charge in [-0.15, -0.1) is 0 Å². The molecule has 0 radical (unpaired) electrons. The molecule has 3 rings (SSSR count). The van der Waals surface area contributed by atoms with Crippen molar-refractivity contribution in [2.45, 2.75) is 6.92 Å². The van der Waals surface area contributed by atoms with Gasteiger partial charge < -0.3 is 15.1 Å². The monoisotopic (exact) mass is 363 g/mol. The minimum atomic E-state index is -0.773. The second-order valence-corrected chi connectivity index (χ2v) is 5.72. The normalized spacial score (nSPS) is 10.1. The van der Waals surface area contributed by atoms with Crippen molar-refractivity contribution in [1.82, 2.24) is 0 Å². The van der Waals surface area contributed by atoms with Gasteiger partial charge in [0.15, 0.2) is 5.76 Å². The molecule has 1 aromatic heterocycles. The molecule has 6 nitrogen and oxygen atoms in total. The van der Waals surface area contributed by atoms with Crippen LogP contribution in [0.5, 0.6) is 0 Å². The Morgan fingerprint density at radius 1 is 1.07 bits per heavy atom. The van der Waals surface area contributed by atoms with Crippen molar-refractivity contribution in [3.05, 3.63) is 83.1 Å². The number of furan rings is 1. The van der Waals surface area contributed by atoms with E-state index in [1.54, 1.807) is 37.3 Å². The predicted octanol–water partition coefficient (Wildman–Crippen LogP) is 4.10. The molecule has 134 valence electrons. The molecular weight excluding hydrogens is 349 g/mol. The fraction of sp³-hybridized carbons (Fsp3) is 0.0500. The number of nitriles is 1. The van der Waals surface area contributed by atoms with Crippen LogP contribution in [-0.4, -0.2) is 11.8 Å². The number of nitrogens with one attached hydrogen (secondary N) is 2. The summed E-state index contributed by atoms with van der Waals surface area (Å²) < 4.78 is 19.0. The van der Waals surface area contributed by atoms with Crippen LogP contribution >= 0.6 is 0 Å². The van der Waals surface area contributed by atoms with Crippen molar-refractivity contribution in [3.63, 3.8) is 0 Å². The van der Waals surface area contributed by atoms with Gasteiger partial charge >= 0.3 is 0 Å². The second kappa shape index (κ2) is 7.54. The largest absolute Gasteiger partial charge is 0.459 e. The number of carbonyl (C=O) groups is 2. The molecule has 27 heavy (non-hydrogen) atoms. The third-order valence-electron chi connectivity index (χ3n) is 3.82. The van der Waals surface area contributed by atoms with E-state index in [1.807, 2.05) is 6.07 Å². The first-order valence-electron chi connectivity index (χ1n) is 7.94. The molecule has 2 aromatic carbocycles. The first kappa shape index (κ1) is 17.9. The summed E-state index contributed by atoms with van der Waals surface area (Å²) in [5.41, 5.74) is 1.67. The zero-order valence-electron chi connectivity index (χ0n) is 14.2. The van der Waals surface area contributed by atoms with E-state index in [-0.39, 0.29) is 22.8 Å². The van der Waals surface area contributed by atoms with Gasteiger partial charge in [-0.25, -0.2) is 4.39 Å². The summed E-state index contributed by atoms with van der Waals surface area (Å²) in [5, 5.41) is 14.1. The lowest BCUT2D eigenvalue weighted by Crippen LogP contribution is -2.15. The predicted molar refractivity (Wildman–Crippen MR) is 96.9 cm³/mol. The number of carbonyl (C=O) groups excluding carboxylic acids is 2. The maximum absolute atomic E-state index is 13.9. The highest BCUT2D eigenvalue weighted by molar-refractivity contribution is 6.05. The third kappa shape index (κ3) is 4.02. The summed E-state index contributed by atoms with van der Waals surface area (Å²) in [5.74, 6) is -1.61. The van der Waals surface area contributed by atoms with E-state index in [9.17, 15) is 14.0 Å². The molecule has 0 fully saturated rings. The zero-order valence-corrected chi connectivity index (χ0v) is 14.2. The Balaban J connectivity index is 1.73. The van der Waals surface area contributed by atoms with Crippen LogP contribution in [0.3, 0.4) is 0 Å². The fourth-order valence-electron chi connectivity index (χ4n) is 2.44. The molecule has 0 saturated carbocycles. The number of hydrogen-bond donors (Lipinski definition) is 2. The molecule has 0 aliphatic rings. The number of aryl methyl sites for hydroxylation is 1. The van der Waals surface area contributed by atoms with Gasteiger partial charge in [-0.1, -0.05) is 0 Å². The van der Waals surface area contributed by atoms with Crippen LogP contribution in [0.4, 0.5) is 15.8 Å². The van der Waals surface area contributed by atoms with Crippen LogP contribution in [0.15, 0.2) is 59.2 Å². The van der Waals surface area contributed by atoms with Gasteiger partial charge in [-0.2, -0.15) is 5.26 Å². The molecular formula is C20H14FN3O3. The molecule has 0 spiro atoms. The van der Waals surface area contributed by atoms with Crippen LogP contribution in [0.25, 0.3) is 0 Å². The molecule has 0 aliphatic carbocycles. The van der Waals surface area contributed by atoms with Crippen LogP contribution in [-0.2, 0) is 0 Å². The van der Waals surface area contributed by atoms with Crippen LogP contribution < -0.4 is 10.6 Å². The highest BCUT2D eigenvalue weighted by Gasteiger charge is 2.14. The minimum absolute atomic E-state index is 0.136. The van der Waals surface area contributed by atoms with Gasteiger partial charge in [0, 0.05) is 11.4 Å². The Kier molecular flexibility index (Phi) is 4.99. The zero-order chi connectivity index (χ0) is 19.4. The Labute approximate surface area is 154 Å². The standard InChI is InChI=1S/C20H14FN3O3/c1-12-9-14(5-7-17(12)24-20(26)18-3-2-8-27-18)23-19(25)15-6-4-13(11-22)10-16(15)21/h2-10H,1H3,(H,23,25)(H,24,26). The molecule has 0 unspecified atom stereocenters. The second-order valence-electron chi connectivity index (χ2n) is 5.72. The van der Waals surface area contributed by atoms with Crippen molar-refractivity contribution in [2.24, 2.45) is 0 Å². The van der Waals surface area contributed by atoms with E-state index < -0.39 is 11.7 Å². The summed E-state index contributed by atoms with van der Waals surface area (Å²) in [6, 6.07) is 13.5. The molecule has 0 saturated heterocycles. The highest BCUT2D eigenvalue weighted by atomic mass is 19.1. The van der Waals surface area contributed by atoms with Crippen molar-refractivity contribution in [3.8, 4) is 6.07 Å². The molecule has 0 bridgehead atoms. The lowest BCUT2D eigenvalue weighted by molar-refractivity contribution is 0.0994. The van der Waals surface area contributed by atoms with E-state index in [2.05, 4.69) is 10.6 Å². The summed E-state index contributed by atoms with van der Waals surface area (Å²) in [6.45, 7) is 1.76. The SMILES string of the molecule is Cc1cc(NC(=O)c2ccc(C#N)cc2F)ccc1NC(=O)c1ccco1. The fourth-order valence-corrected chi connectivity index (χ4v) is 2.44. The first-order chi connectivity index (χ1) is 13.0. The van der Waals surface area contributed by atoms with Gasteiger partial charge in [0.2, 0.25) is 0 Å². The number of nitrogens with zero attached hydrogens (tertiary/aromatic N) is 1. The number of halogens is 1. The molecule has 1 heterocycles. The van der Waals surface area contributed by atoms with E-state index in [4.69, 9.17) is 9.68 Å². The average molecular weight is 363 g/mol. The Morgan fingerprint density at radius 2 is 1.89 bits per heavy atom. The lowest BCUT2D eigenvalue weighted by atomic mass is 10.1. The summed E-state index contributed by atoms with van der Waals surface area (Å²) in [4.78, 5) is 24.3. The van der Waals surface area contributed by atoms with Gasteiger partial charge in [0.1, 0.15) is 5.82 Å². The van der Waals surface area contributed by atoms with E-state index >= 15 is 0 Å².